The first-order valence-corrected chi connectivity index (χ1v) is 11.7. The topological polar surface area (TPSA) is 90.8 Å². The number of piperazine rings is 1. The summed E-state index contributed by atoms with van der Waals surface area (Å²) in [5, 5.41) is 12.6. The summed E-state index contributed by atoms with van der Waals surface area (Å²) in [5.74, 6) is 0.509. The molecule has 2 N–H and O–H groups in total. The van der Waals surface area contributed by atoms with Crippen LogP contribution in [0.4, 0.5) is 11.6 Å². The van der Waals surface area contributed by atoms with Crippen molar-refractivity contribution in [2.24, 2.45) is 0 Å². The average Bonchev–Trinajstić information content (AvgIpc) is 2.88. The van der Waals surface area contributed by atoms with E-state index in [2.05, 4.69) is 20.2 Å². The van der Waals surface area contributed by atoms with Crippen LogP contribution in [0.1, 0.15) is 10.4 Å². The van der Waals surface area contributed by atoms with Crippen molar-refractivity contribution in [2.45, 2.75) is 0 Å². The standard InChI is InChI=1S/C25H28ClN5O3/c26-21-5-1-19(2-6-21)23-9-10-27-25(29-23)28-22-7-3-20(4-8-22)24(33)31-13-11-30(12-14-31)15-17-34-18-16-32/h1-10,32H,11-18H2,(H,27,28,29). The second-order valence-electron chi connectivity index (χ2n) is 7.94. The van der Waals surface area contributed by atoms with Gasteiger partial charge in [0.2, 0.25) is 5.95 Å². The normalized spacial score (nSPS) is 14.2. The largest absolute Gasteiger partial charge is 0.394 e. The lowest BCUT2D eigenvalue weighted by Gasteiger charge is -2.34. The van der Waals surface area contributed by atoms with Crippen LogP contribution >= 0.6 is 11.6 Å². The number of carbonyl (C=O) groups excluding carboxylic acids is 1. The highest BCUT2D eigenvalue weighted by Gasteiger charge is 2.22. The van der Waals surface area contributed by atoms with E-state index < -0.39 is 0 Å². The summed E-state index contributed by atoms with van der Waals surface area (Å²) in [5.41, 5.74) is 3.20. The van der Waals surface area contributed by atoms with Crippen molar-refractivity contribution in [1.82, 2.24) is 19.8 Å². The molecule has 0 atom stereocenters. The van der Waals surface area contributed by atoms with E-state index in [0.717, 1.165) is 36.6 Å². The maximum absolute atomic E-state index is 12.9. The Balaban J connectivity index is 1.31. The molecule has 0 saturated carbocycles. The molecule has 4 rings (SSSR count). The molecular formula is C25H28ClN5O3. The van der Waals surface area contributed by atoms with Crippen LogP contribution in [-0.2, 0) is 4.74 Å². The fourth-order valence-electron chi connectivity index (χ4n) is 3.74. The molecular weight excluding hydrogens is 454 g/mol. The van der Waals surface area contributed by atoms with Gasteiger partial charge in [-0.3, -0.25) is 9.69 Å². The van der Waals surface area contributed by atoms with Crippen molar-refractivity contribution in [3.05, 3.63) is 71.4 Å². The molecule has 1 aromatic heterocycles. The van der Waals surface area contributed by atoms with E-state index in [0.29, 0.717) is 42.8 Å². The van der Waals surface area contributed by atoms with Gasteiger partial charge >= 0.3 is 0 Å². The Hall–Kier alpha value is -3.04. The number of aromatic nitrogens is 2. The van der Waals surface area contributed by atoms with Crippen molar-refractivity contribution < 1.29 is 14.6 Å². The molecule has 9 heteroatoms. The number of amides is 1. The van der Waals surface area contributed by atoms with Crippen molar-refractivity contribution in [2.75, 3.05) is 57.9 Å². The summed E-state index contributed by atoms with van der Waals surface area (Å²) in [4.78, 5) is 25.9. The lowest BCUT2D eigenvalue weighted by atomic mass is 10.1. The number of hydrogen-bond acceptors (Lipinski definition) is 7. The van der Waals surface area contributed by atoms with Gasteiger partial charge in [-0.15, -0.1) is 0 Å². The first-order chi connectivity index (χ1) is 16.6. The highest BCUT2D eigenvalue weighted by Crippen LogP contribution is 2.22. The zero-order chi connectivity index (χ0) is 23.8. The van der Waals surface area contributed by atoms with Crippen LogP contribution in [0, 0.1) is 0 Å². The number of nitrogens with one attached hydrogen (secondary N) is 1. The zero-order valence-electron chi connectivity index (χ0n) is 18.9. The molecule has 8 nitrogen and oxygen atoms in total. The van der Waals surface area contributed by atoms with Gasteiger partial charge in [0.05, 0.1) is 25.5 Å². The number of nitrogens with zero attached hydrogens (tertiary/aromatic N) is 4. The Bertz CT molecular complexity index is 1070. The number of ether oxygens (including phenoxy) is 1. The van der Waals surface area contributed by atoms with Crippen LogP contribution in [0.25, 0.3) is 11.3 Å². The van der Waals surface area contributed by atoms with Gasteiger partial charge in [-0.05, 0) is 42.5 Å². The minimum Gasteiger partial charge on any atom is -0.394 e. The summed E-state index contributed by atoms with van der Waals surface area (Å²) in [7, 11) is 0. The second kappa shape index (κ2) is 11.9. The summed E-state index contributed by atoms with van der Waals surface area (Å²) in [6.07, 6.45) is 1.70. The number of aliphatic hydroxyl groups excluding tert-OH is 1. The van der Waals surface area contributed by atoms with E-state index in [-0.39, 0.29) is 12.5 Å². The average molecular weight is 482 g/mol. The Morgan fingerprint density at radius 2 is 1.74 bits per heavy atom. The Morgan fingerprint density at radius 1 is 1.00 bits per heavy atom. The molecule has 1 fully saturated rings. The predicted molar refractivity (Wildman–Crippen MR) is 132 cm³/mol. The summed E-state index contributed by atoms with van der Waals surface area (Å²) >= 11 is 5.97. The quantitative estimate of drug-likeness (QED) is 0.453. The smallest absolute Gasteiger partial charge is 0.253 e. The van der Waals surface area contributed by atoms with Gasteiger partial charge in [-0.25, -0.2) is 9.97 Å². The maximum atomic E-state index is 12.9. The molecule has 178 valence electrons. The highest BCUT2D eigenvalue weighted by molar-refractivity contribution is 6.30. The van der Waals surface area contributed by atoms with E-state index in [1.54, 1.807) is 6.20 Å². The van der Waals surface area contributed by atoms with Crippen LogP contribution in [-0.4, -0.2) is 83.3 Å². The highest BCUT2D eigenvalue weighted by atomic mass is 35.5. The lowest BCUT2D eigenvalue weighted by Crippen LogP contribution is -2.49. The van der Waals surface area contributed by atoms with Crippen molar-refractivity contribution in [1.29, 1.82) is 0 Å². The van der Waals surface area contributed by atoms with Gasteiger partial charge < -0.3 is 20.1 Å². The molecule has 2 heterocycles. The third kappa shape index (κ3) is 6.51. The Kier molecular flexibility index (Phi) is 8.43. The Labute approximate surface area is 204 Å². The third-order valence-electron chi connectivity index (χ3n) is 5.63. The van der Waals surface area contributed by atoms with Gasteiger partial charge in [0, 0.05) is 60.8 Å². The lowest BCUT2D eigenvalue weighted by molar-refractivity contribution is 0.0486. The molecule has 34 heavy (non-hydrogen) atoms. The van der Waals surface area contributed by atoms with E-state index in [4.69, 9.17) is 21.4 Å². The molecule has 2 aromatic carbocycles. The number of hydrogen-bond donors (Lipinski definition) is 2. The van der Waals surface area contributed by atoms with Crippen molar-refractivity contribution in [3.8, 4) is 11.3 Å². The van der Waals surface area contributed by atoms with Crippen molar-refractivity contribution in [3.63, 3.8) is 0 Å². The summed E-state index contributed by atoms with van der Waals surface area (Å²) in [6.45, 7) is 4.81. The van der Waals surface area contributed by atoms with Crippen LogP contribution in [0.2, 0.25) is 5.02 Å². The Morgan fingerprint density at radius 3 is 2.44 bits per heavy atom. The summed E-state index contributed by atoms with van der Waals surface area (Å²) in [6, 6.07) is 16.7. The van der Waals surface area contributed by atoms with Crippen LogP contribution in [0.3, 0.4) is 0 Å². The van der Waals surface area contributed by atoms with E-state index >= 15 is 0 Å². The van der Waals surface area contributed by atoms with Crippen molar-refractivity contribution >= 4 is 29.1 Å². The molecule has 0 bridgehead atoms. The molecule has 0 spiro atoms. The van der Waals surface area contributed by atoms with Gasteiger partial charge in [-0.1, -0.05) is 23.7 Å². The zero-order valence-corrected chi connectivity index (χ0v) is 19.6. The molecule has 1 aliphatic rings. The molecule has 0 unspecified atom stereocenters. The van der Waals surface area contributed by atoms with Crippen LogP contribution < -0.4 is 5.32 Å². The number of benzene rings is 2. The van der Waals surface area contributed by atoms with Crippen LogP contribution in [0.15, 0.2) is 60.8 Å². The third-order valence-corrected chi connectivity index (χ3v) is 5.88. The fraction of sp³-hybridized carbons (Fsp3) is 0.320. The van der Waals surface area contributed by atoms with E-state index in [1.807, 2.05) is 59.5 Å². The van der Waals surface area contributed by atoms with Crippen LogP contribution in [0.5, 0.6) is 0 Å². The van der Waals surface area contributed by atoms with Gasteiger partial charge in [0.15, 0.2) is 0 Å². The first kappa shape index (κ1) is 24.1. The number of aliphatic hydroxyl groups is 1. The van der Waals surface area contributed by atoms with E-state index in [1.165, 1.54) is 0 Å². The number of anilines is 2. The monoisotopic (exact) mass is 481 g/mol. The molecule has 0 aliphatic carbocycles. The second-order valence-corrected chi connectivity index (χ2v) is 8.38. The predicted octanol–water partition coefficient (Wildman–Crippen LogP) is 3.31. The minimum atomic E-state index is 0.0312. The minimum absolute atomic E-state index is 0.0312. The van der Waals surface area contributed by atoms with Gasteiger partial charge in [0.25, 0.3) is 5.91 Å². The molecule has 1 amide bonds. The number of carbonyl (C=O) groups is 1. The summed E-state index contributed by atoms with van der Waals surface area (Å²) < 4.78 is 5.32. The molecule has 1 aliphatic heterocycles. The molecule has 0 radical (unpaired) electrons. The molecule has 1 saturated heterocycles. The maximum Gasteiger partial charge on any atom is 0.253 e. The first-order valence-electron chi connectivity index (χ1n) is 11.3. The van der Waals surface area contributed by atoms with Gasteiger partial charge in [0.1, 0.15) is 0 Å². The van der Waals surface area contributed by atoms with Gasteiger partial charge in [-0.2, -0.15) is 0 Å². The molecule has 3 aromatic rings. The van der Waals surface area contributed by atoms with E-state index in [9.17, 15) is 4.79 Å². The fourth-order valence-corrected chi connectivity index (χ4v) is 3.87. The number of halogens is 1. The SMILES string of the molecule is O=C(c1ccc(Nc2nccc(-c3ccc(Cl)cc3)n2)cc1)N1CCN(CCOCCO)CC1. The number of rotatable bonds is 9.